The van der Waals surface area contributed by atoms with E-state index in [0.717, 1.165) is 39.9 Å². The molecule has 0 unspecified atom stereocenters. The van der Waals surface area contributed by atoms with Crippen LogP contribution in [0.2, 0.25) is 0 Å². The molecule has 2 amide bonds. The third-order valence-electron chi connectivity index (χ3n) is 6.51. The normalized spacial score (nSPS) is 15.1. The molecular weight excluding hydrogens is 454 g/mol. The van der Waals surface area contributed by atoms with Crippen LogP contribution in [0.25, 0.3) is 22.2 Å². The summed E-state index contributed by atoms with van der Waals surface area (Å²) in [6.07, 6.45) is 5.74. The number of ether oxygens (including phenoxy) is 1. The Kier molecular flexibility index (Phi) is 6.49. The molecule has 2 aromatic carbocycles. The first-order valence-corrected chi connectivity index (χ1v) is 11.8. The van der Waals surface area contributed by atoms with Gasteiger partial charge in [-0.05, 0) is 48.4 Å². The Bertz CT molecular complexity index is 1430. The van der Waals surface area contributed by atoms with Gasteiger partial charge in [0, 0.05) is 48.5 Å². The molecule has 8 nitrogen and oxygen atoms in total. The van der Waals surface area contributed by atoms with Crippen LogP contribution in [0.3, 0.4) is 0 Å². The lowest BCUT2D eigenvalue weighted by atomic mass is 10.1. The van der Waals surface area contributed by atoms with Crippen LogP contribution in [0.15, 0.2) is 79.6 Å². The molecular formula is C28H27N5O3. The van der Waals surface area contributed by atoms with Crippen molar-refractivity contribution in [1.29, 1.82) is 0 Å². The second-order valence-corrected chi connectivity index (χ2v) is 8.73. The number of likely N-dealkylation sites (tertiary alicyclic amines) is 1. The van der Waals surface area contributed by atoms with E-state index in [1.807, 2.05) is 53.3 Å². The van der Waals surface area contributed by atoms with E-state index < -0.39 is 0 Å². The molecule has 1 aliphatic heterocycles. The van der Waals surface area contributed by atoms with Crippen molar-refractivity contribution in [1.82, 2.24) is 25.0 Å². The first-order valence-electron chi connectivity index (χ1n) is 11.8. The number of carbonyl (C=O) groups is 2. The summed E-state index contributed by atoms with van der Waals surface area (Å²) in [4.78, 5) is 30.9. The highest BCUT2D eigenvalue weighted by molar-refractivity contribution is 5.96. The zero-order chi connectivity index (χ0) is 25.1. The van der Waals surface area contributed by atoms with Gasteiger partial charge in [-0.1, -0.05) is 30.8 Å². The van der Waals surface area contributed by atoms with Crippen molar-refractivity contribution < 1.29 is 14.3 Å². The number of rotatable bonds is 7. The maximum Gasteiger partial charge on any atom is 0.251 e. The van der Waals surface area contributed by atoms with Crippen LogP contribution in [0, 0.1) is 0 Å². The van der Waals surface area contributed by atoms with Gasteiger partial charge in [0.1, 0.15) is 11.4 Å². The summed E-state index contributed by atoms with van der Waals surface area (Å²) in [5, 5.41) is 8.81. The Morgan fingerprint density at radius 1 is 1.19 bits per heavy atom. The smallest absolute Gasteiger partial charge is 0.251 e. The predicted octanol–water partition coefficient (Wildman–Crippen LogP) is 4.00. The fourth-order valence-electron chi connectivity index (χ4n) is 4.59. The van der Waals surface area contributed by atoms with Gasteiger partial charge in [0.25, 0.3) is 5.91 Å². The first-order chi connectivity index (χ1) is 17.6. The second kappa shape index (κ2) is 10.0. The summed E-state index contributed by atoms with van der Waals surface area (Å²) < 4.78 is 7.24. The van der Waals surface area contributed by atoms with E-state index >= 15 is 0 Å². The third kappa shape index (κ3) is 4.57. The van der Waals surface area contributed by atoms with Gasteiger partial charge < -0.3 is 15.0 Å². The van der Waals surface area contributed by atoms with Crippen LogP contribution < -0.4 is 10.1 Å². The molecule has 4 aromatic rings. The van der Waals surface area contributed by atoms with Crippen molar-refractivity contribution in [2.75, 3.05) is 20.2 Å². The standard InChI is InChI=1S/C28H27N5O3/c1-3-26(34)32-14-12-22(18-32)33-25-11-13-29-17-24(25)27(31-33)20-7-9-21(10-8-20)28(35)30-16-19-5-4-6-23(15-19)36-2/h3-11,13,15,17,22H,1,12,14,16,18H2,2H3,(H,30,35)/t22-/m1/s1. The quantitative estimate of drug-likeness (QED) is 0.403. The Morgan fingerprint density at radius 2 is 2.03 bits per heavy atom. The number of pyridine rings is 1. The number of fused-ring (bicyclic) bond motifs is 1. The van der Waals surface area contributed by atoms with E-state index in [9.17, 15) is 9.59 Å². The maximum absolute atomic E-state index is 12.7. The van der Waals surface area contributed by atoms with Gasteiger partial charge in [0.05, 0.1) is 18.7 Å². The number of amides is 2. The Hall–Kier alpha value is -4.46. The lowest BCUT2D eigenvalue weighted by Crippen LogP contribution is -2.27. The minimum absolute atomic E-state index is 0.0591. The Balaban J connectivity index is 1.35. The SMILES string of the molecule is C=CC(=O)N1CC[C@@H](n2nc(-c3ccc(C(=O)NCc4cccc(OC)c4)cc3)c3cnccc32)C1. The largest absolute Gasteiger partial charge is 0.497 e. The fourth-order valence-corrected chi connectivity index (χ4v) is 4.59. The number of benzene rings is 2. The molecule has 8 heteroatoms. The third-order valence-corrected chi connectivity index (χ3v) is 6.51. The van der Waals surface area contributed by atoms with Gasteiger partial charge in [-0.25, -0.2) is 0 Å². The van der Waals surface area contributed by atoms with Crippen LogP contribution in [0.4, 0.5) is 0 Å². The molecule has 2 aromatic heterocycles. The number of aromatic nitrogens is 3. The van der Waals surface area contributed by atoms with Gasteiger partial charge in [-0.3, -0.25) is 19.3 Å². The zero-order valence-electron chi connectivity index (χ0n) is 20.1. The molecule has 182 valence electrons. The van der Waals surface area contributed by atoms with Gasteiger partial charge in [0.15, 0.2) is 0 Å². The summed E-state index contributed by atoms with van der Waals surface area (Å²) in [5.41, 5.74) is 4.20. The number of carbonyl (C=O) groups excluding carboxylic acids is 2. The van der Waals surface area contributed by atoms with Gasteiger partial charge in [-0.15, -0.1) is 0 Å². The molecule has 1 N–H and O–H groups in total. The molecule has 0 radical (unpaired) electrons. The molecule has 0 saturated carbocycles. The number of hydrogen-bond donors (Lipinski definition) is 1. The van der Waals surface area contributed by atoms with Gasteiger partial charge >= 0.3 is 0 Å². The van der Waals surface area contributed by atoms with E-state index in [1.165, 1.54) is 6.08 Å². The number of hydrogen-bond acceptors (Lipinski definition) is 5. The molecule has 1 saturated heterocycles. The summed E-state index contributed by atoms with van der Waals surface area (Å²) in [5.74, 6) is 0.542. The van der Waals surface area contributed by atoms with Crippen molar-refractivity contribution in [3.05, 3.63) is 90.8 Å². The maximum atomic E-state index is 12.7. The Morgan fingerprint density at radius 3 is 2.81 bits per heavy atom. The lowest BCUT2D eigenvalue weighted by Gasteiger charge is -2.15. The highest BCUT2D eigenvalue weighted by atomic mass is 16.5. The monoisotopic (exact) mass is 481 g/mol. The number of methoxy groups -OCH3 is 1. The molecule has 0 aliphatic carbocycles. The lowest BCUT2D eigenvalue weighted by molar-refractivity contribution is -0.125. The van der Waals surface area contributed by atoms with E-state index in [0.29, 0.717) is 25.2 Å². The molecule has 1 fully saturated rings. The minimum atomic E-state index is -0.153. The summed E-state index contributed by atoms with van der Waals surface area (Å²) in [6, 6.07) is 17.0. The van der Waals surface area contributed by atoms with Crippen LogP contribution in [-0.2, 0) is 11.3 Å². The average Bonchev–Trinajstić information content (AvgIpc) is 3.57. The highest BCUT2D eigenvalue weighted by Crippen LogP contribution is 2.32. The average molecular weight is 482 g/mol. The van der Waals surface area contributed by atoms with Crippen LogP contribution in [-0.4, -0.2) is 51.7 Å². The summed E-state index contributed by atoms with van der Waals surface area (Å²) in [7, 11) is 1.62. The molecule has 0 bridgehead atoms. The van der Waals surface area contributed by atoms with E-state index in [-0.39, 0.29) is 17.9 Å². The number of nitrogens with zero attached hydrogens (tertiary/aromatic N) is 4. The number of nitrogens with one attached hydrogen (secondary N) is 1. The van der Waals surface area contributed by atoms with Crippen LogP contribution >= 0.6 is 0 Å². The first kappa shape index (κ1) is 23.3. The zero-order valence-corrected chi connectivity index (χ0v) is 20.1. The topological polar surface area (TPSA) is 89.4 Å². The second-order valence-electron chi connectivity index (χ2n) is 8.73. The van der Waals surface area contributed by atoms with E-state index in [4.69, 9.17) is 9.84 Å². The minimum Gasteiger partial charge on any atom is -0.497 e. The molecule has 5 rings (SSSR count). The molecule has 36 heavy (non-hydrogen) atoms. The molecule has 1 aliphatic rings. The van der Waals surface area contributed by atoms with E-state index in [2.05, 4.69) is 16.9 Å². The summed E-state index contributed by atoms with van der Waals surface area (Å²) in [6.45, 7) is 5.27. The predicted molar refractivity (Wildman–Crippen MR) is 138 cm³/mol. The van der Waals surface area contributed by atoms with E-state index in [1.54, 1.807) is 30.3 Å². The van der Waals surface area contributed by atoms with Crippen molar-refractivity contribution >= 4 is 22.7 Å². The van der Waals surface area contributed by atoms with Gasteiger partial charge in [-0.2, -0.15) is 5.10 Å². The molecule has 1 atom stereocenters. The highest BCUT2D eigenvalue weighted by Gasteiger charge is 2.28. The van der Waals surface area contributed by atoms with Crippen LogP contribution in [0.1, 0.15) is 28.4 Å². The van der Waals surface area contributed by atoms with Crippen LogP contribution in [0.5, 0.6) is 5.75 Å². The molecule has 3 heterocycles. The molecule has 0 spiro atoms. The Labute approximate surface area is 209 Å². The summed E-state index contributed by atoms with van der Waals surface area (Å²) >= 11 is 0. The van der Waals surface area contributed by atoms with Crippen molar-refractivity contribution in [2.45, 2.75) is 19.0 Å². The van der Waals surface area contributed by atoms with Crippen molar-refractivity contribution in [3.8, 4) is 17.0 Å². The van der Waals surface area contributed by atoms with Gasteiger partial charge in [0.2, 0.25) is 5.91 Å². The van der Waals surface area contributed by atoms with Crippen molar-refractivity contribution in [3.63, 3.8) is 0 Å². The fraction of sp³-hybridized carbons (Fsp3) is 0.214. The van der Waals surface area contributed by atoms with Crippen molar-refractivity contribution in [2.24, 2.45) is 0 Å².